The Morgan fingerprint density at radius 3 is 2.36 bits per heavy atom. The van der Waals surface area contributed by atoms with Crippen LogP contribution in [0.1, 0.15) is 20.8 Å². The zero-order chi connectivity index (χ0) is 8.85. The minimum atomic E-state index is -0.0845. The lowest BCUT2D eigenvalue weighted by Crippen LogP contribution is -2.33. The molecule has 3 heteroatoms. The maximum absolute atomic E-state index is 10.7. The fourth-order valence-electron chi connectivity index (χ4n) is 0.533. The van der Waals surface area contributed by atoms with Crippen LogP contribution in [0.5, 0.6) is 0 Å². The molecule has 11 heavy (non-hydrogen) atoms. The molecule has 0 saturated heterocycles. The predicted molar refractivity (Wildman–Crippen MR) is 45.5 cm³/mol. The van der Waals surface area contributed by atoms with Gasteiger partial charge in [-0.05, 0) is 6.92 Å². The SMILES string of the molecule is C=C1NC=C(C)C(=O)N1.CC. The lowest BCUT2D eigenvalue weighted by molar-refractivity contribution is -0.117. The molecule has 0 aliphatic carbocycles. The lowest BCUT2D eigenvalue weighted by atomic mass is 10.3. The summed E-state index contributed by atoms with van der Waals surface area (Å²) in [5.41, 5.74) is 0.669. The second kappa shape index (κ2) is 4.55. The summed E-state index contributed by atoms with van der Waals surface area (Å²) in [7, 11) is 0. The third-order valence-corrected chi connectivity index (χ3v) is 1.09. The molecule has 1 rings (SSSR count). The zero-order valence-electron chi connectivity index (χ0n) is 7.19. The van der Waals surface area contributed by atoms with Crippen molar-refractivity contribution in [2.24, 2.45) is 0 Å². The molecule has 3 nitrogen and oxygen atoms in total. The van der Waals surface area contributed by atoms with Gasteiger partial charge in [-0.3, -0.25) is 4.79 Å². The van der Waals surface area contributed by atoms with Crippen molar-refractivity contribution in [3.63, 3.8) is 0 Å². The van der Waals surface area contributed by atoms with Crippen LogP contribution in [0.25, 0.3) is 0 Å². The Hall–Kier alpha value is -1.25. The topological polar surface area (TPSA) is 41.1 Å². The Labute approximate surface area is 67.2 Å². The van der Waals surface area contributed by atoms with Gasteiger partial charge in [0.15, 0.2) is 0 Å². The first-order valence-electron chi connectivity index (χ1n) is 3.64. The van der Waals surface area contributed by atoms with E-state index in [1.54, 1.807) is 13.1 Å². The third kappa shape index (κ3) is 2.89. The molecule has 0 aromatic heterocycles. The first-order valence-corrected chi connectivity index (χ1v) is 3.64. The lowest BCUT2D eigenvalue weighted by Gasteiger charge is -2.13. The highest BCUT2D eigenvalue weighted by Crippen LogP contribution is 1.96. The van der Waals surface area contributed by atoms with Crippen LogP contribution in [-0.2, 0) is 4.79 Å². The van der Waals surface area contributed by atoms with Gasteiger partial charge in [-0.25, -0.2) is 0 Å². The summed E-state index contributed by atoms with van der Waals surface area (Å²) in [5.74, 6) is 0.448. The molecule has 1 heterocycles. The molecule has 2 N–H and O–H groups in total. The van der Waals surface area contributed by atoms with E-state index < -0.39 is 0 Å². The van der Waals surface area contributed by atoms with Crippen molar-refractivity contribution in [2.45, 2.75) is 20.8 Å². The van der Waals surface area contributed by atoms with Gasteiger partial charge in [-0.15, -0.1) is 0 Å². The number of hydrogen-bond acceptors (Lipinski definition) is 2. The van der Waals surface area contributed by atoms with E-state index in [0.29, 0.717) is 11.4 Å². The average molecular weight is 154 g/mol. The highest BCUT2D eigenvalue weighted by Gasteiger charge is 2.08. The Morgan fingerprint density at radius 2 is 2.00 bits per heavy atom. The fourth-order valence-corrected chi connectivity index (χ4v) is 0.533. The van der Waals surface area contributed by atoms with Crippen LogP contribution >= 0.6 is 0 Å². The second-order valence-corrected chi connectivity index (χ2v) is 1.90. The van der Waals surface area contributed by atoms with Crippen molar-refractivity contribution in [1.82, 2.24) is 10.6 Å². The van der Waals surface area contributed by atoms with Gasteiger partial charge in [-0.1, -0.05) is 20.4 Å². The van der Waals surface area contributed by atoms with E-state index in [4.69, 9.17) is 0 Å². The molecule has 0 radical (unpaired) electrons. The summed E-state index contributed by atoms with van der Waals surface area (Å²) in [6, 6.07) is 0. The van der Waals surface area contributed by atoms with Gasteiger partial charge < -0.3 is 10.6 Å². The third-order valence-electron chi connectivity index (χ3n) is 1.09. The average Bonchev–Trinajstić information content (AvgIpc) is 2.02. The monoisotopic (exact) mass is 154 g/mol. The maximum atomic E-state index is 10.7. The van der Waals surface area contributed by atoms with Crippen molar-refractivity contribution >= 4 is 5.91 Å². The van der Waals surface area contributed by atoms with Gasteiger partial charge in [-0.2, -0.15) is 0 Å². The predicted octanol–water partition coefficient (Wildman–Crippen LogP) is 1.11. The first-order chi connectivity index (χ1) is 5.20. The van der Waals surface area contributed by atoms with Crippen molar-refractivity contribution < 1.29 is 4.79 Å². The quantitative estimate of drug-likeness (QED) is 0.548. The van der Waals surface area contributed by atoms with Gasteiger partial charge in [0, 0.05) is 11.8 Å². The van der Waals surface area contributed by atoms with E-state index in [1.165, 1.54) is 0 Å². The number of carbonyl (C=O) groups excluding carboxylic acids is 1. The number of rotatable bonds is 0. The van der Waals surface area contributed by atoms with Crippen molar-refractivity contribution in [1.29, 1.82) is 0 Å². The summed E-state index contributed by atoms with van der Waals surface area (Å²) in [6.45, 7) is 9.24. The number of hydrogen-bond donors (Lipinski definition) is 2. The molecule has 0 unspecified atom stereocenters. The smallest absolute Gasteiger partial charge is 0.253 e. The molecule has 1 aliphatic heterocycles. The molecule has 0 aromatic rings. The molecule has 0 bridgehead atoms. The van der Waals surface area contributed by atoms with E-state index in [0.717, 1.165) is 0 Å². The Balaban J connectivity index is 0.000000461. The molecule has 0 aromatic carbocycles. The van der Waals surface area contributed by atoms with Crippen LogP contribution in [0, 0.1) is 0 Å². The summed E-state index contributed by atoms with van der Waals surface area (Å²) in [5, 5.41) is 5.29. The minimum Gasteiger partial charge on any atom is -0.348 e. The van der Waals surface area contributed by atoms with Crippen LogP contribution in [0.15, 0.2) is 24.2 Å². The fraction of sp³-hybridized carbons (Fsp3) is 0.375. The van der Waals surface area contributed by atoms with E-state index in [2.05, 4.69) is 17.2 Å². The molecule has 0 spiro atoms. The molecule has 1 aliphatic rings. The number of amides is 1. The highest BCUT2D eigenvalue weighted by atomic mass is 16.1. The van der Waals surface area contributed by atoms with Crippen LogP contribution in [0.4, 0.5) is 0 Å². The minimum absolute atomic E-state index is 0.0845. The highest BCUT2D eigenvalue weighted by molar-refractivity contribution is 5.94. The first kappa shape index (κ1) is 9.75. The van der Waals surface area contributed by atoms with Crippen LogP contribution in [0.3, 0.4) is 0 Å². The summed E-state index contributed by atoms with van der Waals surface area (Å²) in [6.07, 6.45) is 1.63. The van der Waals surface area contributed by atoms with Gasteiger partial charge >= 0.3 is 0 Å². The normalized spacial score (nSPS) is 15.4. The van der Waals surface area contributed by atoms with E-state index >= 15 is 0 Å². The number of carbonyl (C=O) groups is 1. The molecule has 0 atom stereocenters. The van der Waals surface area contributed by atoms with E-state index in [9.17, 15) is 4.79 Å². The Bertz CT molecular complexity index is 194. The molecular formula is C8H14N2O. The molecular weight excluding hydrogens is 140 g/mol. The summed E-state index contributed by atoms with van der Waals surface area (Å²) >= 11 is 0. The van der Waals surface area contributed by atoms with Crippen molar-refractivity contribution in [2.75, 3.05) is 0 Å². The van der Waals surface area contributed by atoms with Gasteiger partial charge in [0.05, 0.1) is 0 Å². The molecule has 0 saturated carbocycles. The van der Waals surface area contributed by atoms with Crippen molar-refractivity contribution in [3.05, 3.63) is 24.2 Å². The summed E-state index contributed by atoms with van der Waals surface area (Å²) in [4.78, 5) is 10.7. The van der Waals surface area contributed by atoms with Crippen LogP contribution < -0.4 is 10.6 Å². The van der Waals surface area contributed by atoms with Gasteiger partial charge in [0.1, 0.15) is 5.82 Å². The van der Waals surface area contributed by atoms with E-state index in [-0.39, 0.29) is 5.91 Å². The zero-order valence-corrected chi connectivity index (χ0v) is 7.19. The summed E-state index contributed by atoms with van der Waals surface area (Å²) < 4.78 is 0. The van der Waals surface area contributed by atoms with Crippen LogP contribution in [-0.4, -0.2) is 5.91 Å². The second-order valence-electron chi connectivity index (χ2n) is 1.90. The van der Waals surface area contributed by atoms with E-state index in [1.807, 2.05) is 13.8 Å². The van der Waals surface area contributed by atoms with Gasteiger partial charge in [0.25, 0.3) is 5.91 Å². The molecule has 0 fully saturated rings. The van der Waals surface area contributed by atoms with Gasteiger partial charge in [0.2, 0.25) is 0 Å². The Morgan fingerprint density at radius 1 is 1.45 bits per heavy atom. The van der Waals surface area contributed by atoms with Crippen molar-refractivity contribution in [3.8, 4) is 0 Å². The standard InChI is InChI=1S/C6H8N2O.C2H6/c1-4-3-7-5(2)8-6(4)9;1-2/h3,7H,2H2,1H3,(H,8,9);1-2H3. The Kier molecular flexibility index (Phi) is 4.03. The largest absolute Gasteiger partial charge is 0.348 e. The molecule has 62 valence electrons. The number of nitrogens with one attached hydrogen (secondary N) is 2. The van der Waals surface area contributed by atoms with Crippen LogP contribution in [0.2, 0.25) is 0 Å². The maximum Gasteiger partial charge on any atom is 0.253 e. The molecule has 1 amide bonds.